The van der Waals surface area contributed by atoms with Gasteiger partial charge in [0.1, 0.15) is 11.8 Å². The van der Waals surface area contributed by atoms with Crippen LogP contribution in [0.1, 0.15) is 73.6 Å². The van der Waals surface area contributed by atoms with Crippen LogP contribution in [0.2, 0.25) is 0 Å². The van der Waals surface area contributed by atoms with E-state index in [1.54, 1.807) is 19.1 Å². The highest BCUT2D eigenvalue weighted by Crippen LogP contribution is 2.23. The molecule has 4 bridgehead atoms. The van der Waals surface area contributed by atoms with E-state index in [1.807, 2.05) is 72.5 Å². The molecule has 0 saturated carbocycles. The summed E-state index contributed by atoms with van der Waals surface area (Å²) in [5.41, 5.74) is 15.4. The maximum Gasteiger partial charge on any atom is 0.242 e. The van der Waals surface area contributed by atoms with Gasteiger partial charge in [-0.2, -0.15) is 0 Å². The third kappa shape index (κ3) is 11.1. The lowest BCUT2D eigenvalue weighted by molar-refractivity contribution is -0.135. The number of nitrogens with one attached hydrogen (secondary N) is 2. The van der Waals surface area contributed by atoms with E-state index in [1.165, 1.54) is 0 Å². The van der Waals surface area contributed by atoms with Crippen molar-refractivity contribution in [3.8, 4) is 5.75 Å². The summed E-state index contributed by atoms with van der Waals surface area (Å²) in [5.74, 6) is 0.135. The Morgan fingerprint density at radius 2 is 1.75 bits per heavy atom. The van der Waals surface area contributed by atoms with Gasteiger partial charge in [-0.15, -0.1) is 0 Å². The third-order valence-electron chi connectivity index (χ3n) is 9.09. The second-order valence-corrected chi connectivity index (χ2v) is 12.7. The number of primary amides is 1. The molecule has 10 heteroatoms. The summed E-state index contributed by atoms with van der Waals surface area (Å²) >= 11 is 0. The maximum atomic E-state index is 13.2. The van der Waals surface area contributed by atoms with Crippen LogP contribution in [-0.4, -0.2) is 54.3 Å². The minimum atomic E-state index is -0.675. The molecule has 1 saturated heterocycles. The Balaban J connectivity index is 0.000000365. The Bertz CT molecular complexity index is 1530. The van der Waals surface area contributed by atoms with Crippen LogP contribution in [0.25, 0.3) is 0 Å². The third-order valence-corrected chi connectivity index (χ3v) is 9.09. The summed E-state index contributed by atoms with van der Waals surface area (Å²) < 4.78 is 6.04. The van der Waals surface area contributed by atoms with E-state index in [4.69, 9.17) is 16.2 Å². The van der Waals surface area contributed by atoms with Gasteiger partial charge in [-0.25, -0.2) is 0 Å². The van der Waals surface area contributed by atoms with Crippen molar-refractivity contribution in [3.63, 3.8) is 0 Å². The van der Waals surface area contributed by atoms with E-state index in [0.29, 0.717) is 44.1 Å². The van der Waals surface area contributed by atoms with Gasteiger partial charge in [0.15, 0.2) is 0 Å². The number of piperidine rings is 1. The molecule has 4 amide bonds. The second-order valence-electron chi connectivity index (χ2n) is 12.7. The average Bonchev–Trinajstić information content (AvgIpc) is 3.09. The van der Waals surface area contributed by atoms with E-state index in [0.717, 1.165) is 53.8 Å². The van der Waals surface area contributed by atoms with Crippen molar-refractivity contribution in [2.24, 2.45) is 11.7 Å². The number of benzene rings is 3. The Kier molecular flexibility index (Phi) is 13.4. The quantitative estimate of drug-likeness (QED) is 0.299. The van der Waals surface area contributed by atoms with Gasteiger partial charge in [-0.05, 0) is 98.4 Å². The molecule has 3 atom stereocenters. The summed E-state index contributed by atoms with van der Waals surface area (Å²) in [7, 11) is 0. The predicted molar refractivity (Wildman–Crippen MR) is 187 cm³/mol. The summed E-state index contributed by atoms with van der Waals surface area (Å²) in [6.45, 7) is 6.18. The van der Waals surface area contributed by atoms with Gasteiger partial charge in [-0.1, -0.05) is 48.5 Å². The lowest BCUT2D eigenvalue weighted by Gasteiger charge is -2.33. The molecule has 2 heterocycles. The number of aryl methyl sites for hydroxylation is 2. The van der Waals surface area contributed by atoms with Crippen LogP contribution in [-0.2, 0) is 32.1 Å². The molecule has 0 aromatic heterocycles. The first-order chi connectivity index (χ1) is 23.1. The number of nitrogens with zero attached hydrogens (tertiary/aromatic N) is 1. The Morgan fingerprint density at radius 3 is 2.48 bits per heavy atom. The molecule has 5 rings (SSSR count). The Hall–Kier alpha value is -4.86. The summed E-state index contributed by atoms with van der Waals surface area (Å²) in [5, 5.41) is 5.89. The van der Waals surface area contributed by atoms with Crippen molar-refractivity contribution in [1.82, 2.24) is 15.5 Å². The molecule has 3 aromatic carbocycles. The normalized spacial score (nSPS) is 19.6. The van der Waals surface area contributed by atoms with Crippen LogP contribution in [0.15, 0.2) is 72.8 Å². The maximum absolute atomic E-state index is 13.2. The molecule has 2 aliphatic rings. The highest BCUT2D eigenvalue weighted by atomic mass is 16.5. The molecule has 256 valence electrons. The molecular weight excluding hydrogens is 606 g/mol. The van der Waals surface area contributed by atoms with Gasteiger partial charge >= 0.3 is 0 Å². The fourth-order valence-electron chi connectivity index (χ4n) is 5.92. The molecule has 48 heavy (non-hydrogen) atoms. The number of carbonyl (C=O) groups is 4. The molecule has 3 aromatic rings. The number of fused-ring (bicyclic) bond motifs is 4. The van der Waals surface area contributed by atoms with Crippen LogP contribution < -0.4 is 26.8 Å². The second kappa shape index (κ2) is 17.9. The number of hydrogen-bond acceptors (Lipinski definition) is 6. The largest absolute Gasteiger partial charge is 0.494 e. The predicted octanol–water partition coefficient (Wildman–Crippen LogP) is 4.39. The van der Waals surface area contributed by atoms with Crippen LogP contribution >= 0.6 is 0 Å². The zero-order chi connectivity index (χ0) is 34.5. The fourth-order valence-corrected chi connectivity index (χ4v) is 5.92. The molecule has 1 fully saturated rings. The van der Waals surface area contributed by atoms with Gasteiger partial charge in [0, 0.05) is 38.2 Å². The number of rotatable bonds is 5. The van der Waals surface area contributed by atoms with Crippen LogP contribution in [0.5, 0.6) is 5.75 Å². The lowest BCUT2D eigenvalue weighted by atomic mass is 9.95. The number of anilines is 1. The van der Waals surface area contributed by atoms with Crippen LogP contribution in [0, 0.1) is 12.8 Å². The highest BCUT2D eigenvalue weighted by molar-refractivity contribution is 5.89. The first-order valence-electron chi connectivity index (χ1n) is 16.8. The zero-order valence-electron chi connectivity index (χ0n) is 28.1. The van der Waals surface area contributed by atoms with Crippen molar-refractivity contribution in [2.75, 3.05) is 25.4 Å². The molecule has 10 nitrogen and oxygen atoms in total. The first-order valence-corrected chi connectivity index (χ1v) is 16.8. The van der Waals surface area contributed by atoms with E-state index in [2.05, 4.69) is 10.6 Å². The Morgan fingerprint density at radius 1 is 1.00 bits per heavy atom. The molecule has 2 aliphatic heterocycles. The van der Waals surface area contributed by atoms with E-state index in [9.17, 15) is 19.2 Å². The van der Waals surface area contributed by atoms with Crippen molar-refractivity contribution in [2.45, 2.75) is 77.3 Å². The summed E-state index contributed by atoms with van der Waals surface area (Å²) in [4.78, 5) is 51.4. The minimum absolute atomic E-state index is 0.00495. The topological polar surface area (TPSA) is 157 Å². The molecule has 6 N–H and O–H groups in total. The first kappa shape index (κ1) is 36.0. The minimum Gasteiger partial charge on any atom is -0.494 e. The van der Waals surface area contributed by atoms with Crippen LogP contribution in [0.4, 0.5) is 5.69 Å². The summed E-state index contributed by atoms with van der Waals surface area (Å²) in [6, 6.07) is 22.3. The number of nitrogens with two attached hydrogens (primary N) is 2. The number of ether oxygens (including phenoxy) is 1. The number of hydrogen-bond donors (Lipinski definition) is 4. The molecule has 3 unspecified atom stereocenters. The number of carbonyl (C=O) groups excluding carboxylic acids is 4. The Labute approximate surface area is 283 Å². The lowest BCUT2D eigenvalue weighted by Crippen LogP contribution is -2.47. The van der Waals surface area contributed by atoms with Gasteiger partial charge < -0.3 is 31.7 Å². The smallest absolute Gasteiger partial charge is 0.242 e. The average molecular weight is 656 g/mol. The van der Waals surface area contributed by atoms with Gasteiger partial charge in [0.05, 0.1) is 12.5 Å². The van der Waals surface area contributed by atoms with Crippen molar-refractivity contribution in [1.29, 1.82) is 0 Å². The van der Waals surface area contributed by atoms with Crippen molar-refractivity contribution >= 4 is 29.3 Å². The van der Waals surface area contributed by atoms with Gasteiger partial charge in [0.2, 0.25) is 23.6 Å². The van der Waals surface area contributed by atoms with E-state index in [-0.39, 0.29) is 42.4 Å². The van der Waals surface area contributed by atoms with Gasteiger partial charge in [0.25, 0.3) is 0 Å². The van der Waals surface area contributed by atoms with Crippen molar-refractivity contribution < 1.29 is 23.9 Å². The zero-order valence-corrected chi connectivity index (χ0v) is 28.1. The summed E-state index contributed by atoms with van der Waals surface area (Å²) in [6.07, 6.45) is 4.32. The van der Waals surface area contributed by atoms with Gasteiger partial charge in [-0.3, -0.25) is 19.2 Å². The molecular formula is C38H49N5O5. The highest BCUT2D eigenvalue weighted by Gasteiger charge is 2.26. The van der Waals surface area contributed by atoms with E-state index < -0.39 is 6.04 Å². The molecule has 0 spiro atoms. The fraction of sp³-hybridized carbons (Fsp3) is 0.421. The number of nitrogen functional groups attached to an aromatic ring is 1. The van der Waals surface area contributed by atoms with Crippen molar-refractivity contribution in [3.05, 3.63) is 95.1 Å². The van der Waals surface area contributed by atoms with Crippen LogP contribution in [0.3, 0.4) is 0 Å². The molecule has 0 aliphatic carbocycles. The van der Waals surface area contributed by atoms with E-state index >= 15 is 0 Å². The molecule has 0 radical (unpaired) electrons. The standard InChI is InChI=1S/C29H37N3O4.C9H12N2O/c1-21-9-11-25-18-24(21)19-30-29(35)26(12-10-22-6-3-2-4-7-22)31-27(33)13-14-28(34)32-16-5-8-23(20-32)15-17-36-25;1-6(9(11)12)7-2-4-8(10)5-3-7/h2-4,6-7,9,11,18,23,26H,5,8,10,12-17,19-20H2,1H3,(H,30,35)(H,31,33);2-6H,10H2,1H3,(H2,11,12). The monoisotopic (exact) mass is 655 g/mol. The SMILES string of the molecule is CC(C(N)=O)c1ccc(N)cc1.Cc1ccc2cc1CNC(=O)C(CCc1ccccc1)NC(=O)CCC(=O)N1CCCC(CCO2)C1. The number of amides is 4.